The Labute approximate surface area is 100 Å². The van der Waals surface area contributed by atoms with Crippen molar-refractivity contribution in [2.24, 2.45) is 11.7 Å². The maximum atomic E-state index is 13.6. The molecule has 0 aliphatic rings. The average molecular weight is 243 g/mol. The van der Waals surface area contributed by atoms with E-state index in [1.807, 2.05) is 19.9 Å². The van der Waals surface area contributed by atoms with E-state index in [0.717, 1.165) is 5.56 Å². The summed E-state index contributed by atoms with van der Waals surface area (Å²) in [6.07, 6.45) is 0. The molecule has 0 radical (unpaired) electrons. The lowest BCUT2D eigenvalue weighted by Crippen LogP contribution is -2.09. The highest BCUT2D eigenvalue weighted by atomic mass is 32.2. The minimum absolute atomic E-state index is 0.120. The number of halogens is 1. The van der Waals surface area contributed by atoms with E-state index in [-0.39, 0.29) is 24.4 Å². The molecule has 1 aromatic rings. The lowest BCUT2D eigenvalue weighted by molar-refractivity contribution is 0.250. The smallest absolute Gasteiger partial charge is 0.137 e. The number of thioether (sulfide) groups is 1. The molecule has 3 N–H and O–H groups in total. The van der Waals surface area contributed by atoms with Crippen LogP contribution >= 0.6 is 11.8 Å². The average Bonchev–Trinajstić information content (AvgIpc) is 2.26. The van der Waals surface area contributed by atoms with Gasteiger partial charge < -0.3 is 10.8 Å². The van der Waals surface area contributed by atoms with Crippen molar-refractivity contribution in [2.45, 2.75) is 24.8 Å². The number of nitrogens with two attached hydrogens (primary N) is 1. The third-order valence-corrected chi connectivity index (χ3v) is 3.77. The first-order chi connectivity index (χ1) is 7.56. The van der Waals surface area contributed by atoms with Crippen molar-refractivity contribution in [3.8, 4) is 0 Å². The summed E-state index contributed by atoms with van der Waals surface area (Å²) in [6, 6.07) is 4.79. The molecule has 0 aliphatic carbocycles. The van der Waals surface area contributed by atoms with E-state index in [0.29, 0.717) is 10.6 Å². The van der Waals surface area contributed by atoms with Gasteiger partial charge >= 0.3 is 0 Å². The van der Waals surface area contributed by atoms with Crippen LogP contribution in [0.3, 0.4) is 0 Å². The van der Waals surface area contributed by atoms with E-state index in [1.54, 1.807) is 6.07 Å². The Hall–Kier alpha value is -0.580. The monoisotopic (exact) mass is 243 g/mol. The summed E-state index contributed by atoms with van der Waals surface area (Å²) in [6.45, 7) is 3.89. The van der Waals surface area contributed by atoms with Crippen LogP contribution in [-0.4, -0.2) is 17.5 Å². The van der Waals surface area contributed by atoms with Gasteiger partial charge in [0.25, 0.3) is 0 Å². The highest BCUT2D eigenvalue weighted by Gasteiger charge is 2.13. The summed E-state index contributed by atoms with van der Waals surface area (Å²) in [7, 11) is 0. The van der Waals surface area contributed by atoms with Gasteiger partial charge in [-0.25, -0.2) is 4.39 Å². The van der Waals surface area contributed by atoms with E-state index in [1.165, 1.54) is 17.8 Å². The summed E-state index contributed by atoms with van der Waals surface area (Å²) in [5, 5.41) is 8.93. The molecule has 1 rings (SSSR count). The topological polar surface area (TPSA) is 46.2 Å². The van der Waals surface area contributed by atoms with Crippen LogP contribution in [0.2, 0.25) is 0 Å². The lowest BCUT2D eigenvalue weighted by Gasteiger charge is -2.14. The molecule has 0 aliphatic heterocycles. The molecule has 0 saturated heterocycles. The zero-order chi connectivity index (χ0) is 12.1. The Morgan fingerprint density at radius 1 is 1.44 bits per heavy atom. The molecular weight excluding hydrogens is 225 g/mol. The number of aliphatic hydroxyl groups excluding tert-OH is 1. The van der Waals surface area contributed by atoms with Gasteiger partial charge in [0.05, 0.1) is 0 Å². The molecule has 0 saturated carbocycles. The Morgan fingerprint density at radius 2 is 2.12 bits per heavy atom. The number of aliphatic hydroxyl groups is 1. The second-order valence-corrected chi connectivity index (χ2v) is 5.08. The number of hydrogen-bond acceptors (Lipinski definition) is 3. The fourth-order valence-corrected chi connectivity index (χ4v) is 2.50. The highest BCUT2D eigenvalue weighted by Crippen LogP contribution is 2.30. The van der Waals surface area contributed by atoms with Crippen LogP contribution < -0.4 is 5.73 Å². The zero-order valence-electron chi connectivity index (χ0n) is 9.61. The van der Waals surface area contributed by atoms with Crippen LogP contribution in [0, 0.1) is 11.7 Å². The molecule has 2 unspecified atom stereocenters. The van der Waals surface area contributed by atoms with Crippen molar-refractivity contribution < 1.29 is 9.50 Å². The van der Waals surface area contributed by atoms with Crippen molar-refractivity contribution in [2.75, 3.05) is 12.4 Å². The Balaban J connectivity index is 2.84. The number of hydrogen-bond donors (Lipinski definition) is 2. The fraction of sp³-hybridized carbons (Fsp3) is 0.500. The maximum absolute atomic E-state index is 13.6. The maximum Gasteiger partial charge on any atom is 0.137 e. The van der Waals surface area contributed by atoms with Crippen LogP contribution in [0.25, 0.3) is 0 Å². The number of rotatable bonds is 5. The predicted octanol–water partition coefficient (Wildman–Crippen LogP) is 2.57. The molecule has 1 aromatic carbocycles. The lowest BCUT2D eigenvalue weighted by atomic mass is 10.1. The zero-order valence-corrected chi connectivity index (χ0v) is 10.4. The van der Waals surface area contributed by atoms with E-state index in [4.69, 9.17) is 10.8 Å². The Morgan fingerprint density at radius 3 is 2.69 bits per heavy atom. The molecule has 0 bridgehead atoms. The molecule has 4 heteroatoms. The van der Waals surface area contributed by atoms with Crippen LogP contribution in [0.15, 0.2) is 23.1 Å². The molecule has 0 amide bonds. The van der Waals surface area contributed by atoms with Gasteiger partial charge in [0.1, 0.15) is 5.82 Å². The van der Waals surface area contributed by atoms with Crippen molar-refractivity contribution in [3.63, 3.8) is 0 Å². The minimum atomic E-state index is -0.232. The van der Waals surface area contributed by atoms with Gasteiger partial charge in [-0.1, -0.05) is 19.1 Å². The molecule has 0 heterocycles. The standard InChI is InChI=1S/C12H18FNOS/c1-8(6-15)7-16-12-10(9(2)14)4-3-5-11(12)13/h3-5,8-9,15H,6-7,14H2,1-2H3. The predicted molar refractivity (Wildman–Crippen MR) is 66.0 cm³/mol. The van der Waals surface area contributed by atoms with Gasteiger partial charge in [-0.05, 0) is 24.5 Å². The first-order valence-electron chi connectivity index (χ1n) is 5.34. The molecule has 0 spiro atoms. The van der Waals surface area contributed by atoms with Gasteiger partial charge in [-0.15, -0.1) is 11.8 Å². The summed E-state index contributed by atoms with van der Waals surface area (Å²) in [5.41, 5.74) is 6.62. The van der Waals surface area contributed by atoms with Gasteiger partial charge in [0.2, 0.25) is 0 Å². The fourth-order valence-electron chi connectivity index (χ4n) is 1.31. The van der Waals surface area contributed by atoms with Gasteiger partial charge in [0, 0.05) is 23.3 Å². The normalized spacial score (nSPS) is 14.8. The molecule has 90 valence electrons. The van der Waals surface area contributed by atoms with E-state index in [9.17, 15) is 4.39 Å². The van der Waals surface area contributed by atoms with Gasteiger partial charge in [-0.3, -0.25) is 0 Å². The SMILES string of the molecule is CC(CO)CSc1c(F)cccc1C(C)N. The highest BCUT2D eigenvalue weighted by molar-refractivity contribution is 7.99. The second-order valence-electron chi connectivity index (χ2n) is 4.05. The molecule has 2 atom stereocenters. The third-order valence-electron chi connectivity index (χ3n) is 2.31. The van der Waals surface area contributed by atoms with Crippen LogP contribution in [0.5, 0.6) is 0 Å². The van der Waals surface area contributed by atoms with E-state index < -0.39 is 0 Å². The molecule has 0 aromatic heterocycles. The summed E-state index contributed by atoms with van der Waals surface area (Å²) in [5.74, 6) is 0.618. The van der Waals surface area contributed by atoms with Crippen molar-refractivity contribution in [1.29, 1.82) is 0 Å². The first kappa shape index (κ1) is 13.5. The number of benzene rings is 1. The van der Waals surface area contributed by atoms with Crippen LogP contribution in [0.1, 0.15) is 25.5 Å². The van der Waals surface area contributed by atoms with E-state index >= 15 is 0 Å². The van der Waals surface area contributed by atoms with Gasteiger partial charge in [0.15, 0.2) is 0 Å². The third kappa shape index (κ3) is 3.47. The van der Waals surface area contributed by atoms with E-state index in [2.05, 4.69) is 0 Å². The first-order valence-corrected chi connectivity index (χ1v) is 6.32. The van der Waals surface area contributed by atoms with Crippen molar-refractivity contribution >= 4 is 11.8 Å². The molecule has 0 fully saturated rings. The van der Waals surface area contributed by atoms with Crippen LogP contribution in [0.4, 0.5) is 4.39 Å². The molecular formula is C12H18FNOS. The second kappa shape index (κ2) is 6.23. The van der Waals surface area contributed by atoms with Crippen LogP contribution in [-0.2, 0) is 0 Å². The Kier molecular flexibility index (Phi) is 5.25. The summed E-state index contributed by atoms with van der Waals surface area (Å²) < 4.78 is 13.6. The summed E-state index contributed by atoms with van der Waals surface area (Å²) >= 11 is 1.42. The van der Waals surface area contributed by atoms with Crippen molar-refractivity contribution in [3.05, 3.63) is 29.6 Å². The van der Waals surface area contributed by atoms with Gasteiger partial charge in [-0.2, -0.15) is 0 Å². The largest absolute Gasteiger partial charge is 0.396 e. The quantitative estimate of drug-likeness (QED) is 0.781. The minimum Gasteiger partial charge on any atom is -0.396 e. The van der Waals surface area contributed by atoms with Crippen molar-refractivity contribution in [1.82, 2.24) is 0 Å². The molecule has 16 heavy (non-hydrogen) atoms. The molecule has 2 nitrogen and oxygen atoms in total. The summed E-state index contributed by atoms with van der Waals surface area (Å²) in [4.78, 5) is 0.609. The Bertz CT molecular complexity index is 344.